The molecule has 2 fully saturated rings. The van der Waals surface area contributed by atoms with Crippen LogP contribution < -0.4 is 0 Å². The van der Waals surface area contributed by atoms with Gasteiger partial charge in [-0.3, -0.25) is 4.90 Å². The minimum atomic E-state index is 0.0503. The van der Waals surface area contributed by atoms with Gasteiger partial charge in [0.2, 0.25) is 0 Å². The molecule has 1 N–H and O–H groups in total. The van der Waals surface area contributed by atoms with Crippen molar-refractivity contribution in [2.24, 2.45) is 10.8 Å². The summed E-state index contributed by atoms with van der Waals surface area (Å²) in [5, 5.41) is 14.0. The molecule has 1 saturated carbocycles. The Bertz CT molecular complexity index is 735. The number of likely N-dealkylation sites (tertiary alicyclic amines) is 1. The van der Waals surface area contributed by atoms with Crippen molar-refractivity contribution < 1.29 is 5.11 Å². The fourth-order valence-corrected chi connectivity index (χ4v) is 5.41. The van der Waals surface area contributed by atoms with Gasteiger partial charge in [0, 0.05) is 30.9 Å². The number of rotatable bonds is 3. The Morgan fingerprint density at radius 3 is 2.87 bits per heavy atom. The molecular weight excluding hydrogens is 286 g/mol. The van der Waals surface area contributed by atoms with E-state index < -0.39 is 0 Å². The van der Waals surface area contributed by atoms with E-state index in [-0.39, 0.29) is 6.61 Å². The van der Waals surface area contributed by atoms with Crippen LogP contribution in [0.4, 0.5) is 0 Å². The van der Waals surface area contributed by atoms with Gasteiger partial charge in [0.05, 0.1) is 18.3 Å². The molecule has 2 aliphatic rings. The summed E-state index contributed by atoms with van der Waals surface area (Å²) in [6, 6.07) is 4.93. The SMILES string of the molecule is CC1(C)CC2CC(C)(CN2Cc2cccn3ncc(CO)c23)C1. The van der Waals surface area contributed by atoms with Crippen LogP contribution in [0.25, 0.3) is 5.52 Å². The van der Waals surface area contributed by atoms with Gasteiger partial charge in [0.1, 0.15) is 0 Å². The van der Waals surface area contributed by atoms with E-state index in [4.69, 9.17) is 0 Å². The Labute approximate surface area is 138 Å². The number of pyridine rings is 1. The first kappa shape index (κ1) is 15.2. The Morgan fingerprint density at radius 1 is 1.26 bits per heavy atom. The number of fused-ring (bicyclic) bond motifs is 3. The van der Waals surface area contributed by atoms with Crippen LogP contribution in [0, 0.1) is 10.8 Å². The maximum absolute atomic E-state index is 9.60. The number of nitrogens with zero attached hydrogens (tertiary/aromatic N) is 3. The molecule has 124 valence electrons. The van der Waals surface area contributed by atoms with Gasteiger partial charge >= 0.3 is 0 Å². The van der Waals surface area contributed by atoms with E-state index in [9.17, 15) is 5.11 Å². The van der Waals surface area contributed by atoms with E-state index in [1.54, 1.807) is 6.20 Å². The first-order valence-electron chi connectivity index (χ1n) is 8.68. The predicted octanol–water partition coefficient (Wildman–Crippen LogP) is 3.23. The van der Waals surface area contributed by atoms with Gasteiger partial charge in [-0.05, 0) is 41.7 Å². The molecule has 1 aliphatic heterocycles. The van der Waals surface area contributed by atoms with Crippen LogP contribution >= 0.6 is 0 Å². The fourth-order valence-electron chi connectivity index (χ4n) is 5.41. The quantitative estimate of drug-likeness (QED) is 0.946. The summed E-state index contributed by atoms with van der Waals surface area (Å²) in [5.74, 6) is 0. The van der Waals surface area contributed by atoms with Gasteiger partial charge in [0.25, 0.3) is 0 Å². The molecule has 4 rings (SSSR count). The third-order valence-corrected chi connectivity index (χ3v) is 5.77. The van der Waals surface area contributed by atoms with Crippen LogP contribution in [0.2, 0.25) is 0 Å². The summed E-state index contributed by atoms with van der Waals surface area (Å²) < 4.78 is 1.90. The topological polar surface area (TPSA) is 40.8 Å². The molecule has 0 radical (unpaired) electrons. The van der Waals surface area contributed by atoms with Crippen molar-refractivity contribution in [3.8, 4) is 0 Å². The average Bonchev–Trinajstić information content (AvgIpc) is 2.97. The molecule has 1 saturated heterocycles. The lowest BCUT2D eigenvalue weighted by molar-refractivity contribution is 0.126. The van der Waals surface area contributed by atoms with Crippen LogP contribution in [0.5, 0.6) is 0 Å². The van der Waals surface area contributed by atoms with E-state index in [1.807, 2.05) is 10.7 Å². The second kappa shape index (κ2) is 5.05. The number of aromatic nitrogens is 2. The summed E-state index contributed by atoms with van der Waals surface area (Å²) in [5.41, 5.74) is 4.20. The van der Waals surface area contributed by atoms with Gasteiger partial charge in [0.15, 0.2) is 0 Å². The zero-order valence-corrected chi connectivity index (χ0v) is 14.4. The lowest BCUT2D eigenvalue weighted by Crippen LogP contribution is -2.34. The molecule has 2 unspecified atom stereocenters. The molecule has 0 aromatic carbocycles. The molecule has 2 bridgehead atoms. The largest absolute Gasteiger partial charge is 0.392 e. The van der Waals surface area contributed by atoms with E-state index in [0.29, 0.717) is 16.9 Å². The van der Waals surface area contributed by atoms with Gasteiger partial charge in [-0.25, -0.2) is 4.52 Å². The summed E-state index contributed by atoms with van der Waals surface area (Å²) in [7, 11) is 0. The second-order valence-electron chi connectivity index (χ2n) is 8.77. The summed E-state index contributed by atoms with van der Waals surface area (Å²) in [6.07, 6.45) is 7.69. The zero-order valence-electron chi connectivity index (χ0n) is 14.4. The van der Waals surface area contributed by atoms with Gasteiger partial charge in [-0.2, -0.15) is 5.10 Å². The molecule has 2 atom stereocenters. The minimum Gasteiger partial charge on any atom is -0.392 e. The van der Waals surface area contributed by atoms with Crippen LogP contribution in [0.1, 0.15) is 51.2 Å². The zero-order chi connectivity index (χ0) is 16.2. The maximum Gasteiger partial charge on any atom is 0.0761 e. The Morgan fingerprint density at radius 2 is 2.09 bits per heavy atom. The Balaban J connectivity index is 1.66. The van der Waals surface area contributed by atoms with Crippen molar-refractivity contribution in [3.63, 3.8) is 0 Å². The summed E-state index contributed by atoms with van der Waals surface area (Å²) in [4.78, 5) is 2.66. The highest BCUT2D eigenvalue weighted by Gasteiger charge is 2.49. The normalized spacial score (nSPS) is 30.2. The molecule has 0 spiro atoms. The van der Waals surface area contributed by atoms with Gasteiger partial charge < -0.3 is 5.11 Å². The van der Waals surface area contributed by atoms with Crippen molar-refractivity contribution in [1.29, 1.82) is 0 Å². The molecule has 0 amide bonds. The molecule has 23 heavy (non-hydrogen) atoms. The van der Waals surface area contributed by atoms with Crippen molar-refractivity contribution in [3.05, 3.63) is 35.7 Å². The first-order valence-corrected chi connectivity index (χ1v) is 8.68. The first-order chi connectivity index (χ1) is 10.9. The molecular formula is C19H27N3O. The monoisotopic (exact) mass is 313 g/mol. The summed E-state index contributed by atoms with van der Waals surface area (Å²) in [6.45, 7) is 9.49. The molecule has 1 aliphatic carbocycles. The van der Waals surface area contributed by atoms with Crippen molar-refractivity contribution >= 4 is 5.52 Å². The molecule has 2 aromatic heterocycles. The van der Waals surface area contributed by atoms with Crippen molar-refractivity contribution in [1.82, 2.24) is 14.5 Å². The number of aliphatic hydroxyl groups is 1. The highest BCUT2D eigenvalue weighted by molar-refractivity contribution is 5.60. The maximum atomic E-state index is 9.60. The third-order valence-electron chi connectivity index (χ3n) is 5.77. The van der Waals surface area contributed by atoms with Crippen LogP contribution in [-0.2, 0) is 13.2 Å². The third kappa shape index (κ3) is 2.58. The Kier molecular flexibility index (Phi) is 3.33. The molecule has 4 nitrogen and oxygen atoms in total. The van der Waals surface area contributed by atoms with Crippen LogP contribution in [-0.4, -0.2) is 32.2 Å². The number of hydrogen-bond donors (Lipinski definition) is 1. The molecule has 2 aromatic rings. The average molecular weight is 313 g/mol. The van der Waals surface area contributed by atoms with E-state index in [0.717, 1.165) is 17.6 Å². The van der Waals surface area contributed by atoms with E-state index >= 15 is 0 Å². The van der Waals surface area contributed by atoms with E-state index in [1.165, 1.54) is 31.4 Å². The number of aliphatic hydroxyl groups excluding tert-OH is 1. The van der Waals surface area contributed by atoms with Crippen molar-refractivity contribution in [2.45, 2.75) is 59.2 Å². The summed E-state index contributed by atoms with van der Waals surface area (Å²) >= 11 is 0. The number of hydrogen-bond acceptors (Lipinski definition) is 3. The van der Waals surface area contributed by atoms with E-state index in [2.05, 4.69) is 42.9 Å². The minimum absolute atomic E-state index is 0.0503. The van der Waals surface area contributed by atoms with Crippen LogP contribution in [0.3, 0.4) is 0 Å². The highest BCUT2D eigenvalue weighted by atomic mass is 16.3. The molecule has 3 heterocycles. The van der Waals surface area contributed by atoms with Crippen molar-refractivity contribution in [2.75, 3.05) is 6.54 Å². The smallest absolute Gasteiger partial charge is 0.0761 e. The lowest BCUT2D eigenvalue weighted by atomic mass is 9.65. The molecule has 4 heteroatoms. The predicted molar refractivity (Wildman–Crippen MR) is 91.1 cm³/mol. The van der Waals surface area contributed by atoms with Crippen LogP contribution in [0.15, 0.2) is 24.5 Å². The lowest BCUT2D eigenvalue weighted by Gasteiger charge is -2.40. The van der Waals surface area contributed by atoms with Gasteiger partial charge in [-0.15, -0.1) is 0 Å². The fraction of sp³-hybridized carbons (Fsp3) is 0.632. The highest BCUT2D eigenvalue weighted by Crippen LogP contribution is 2.52. The van der Waals surface area contributed by atoms with Gasteiger partial charge in [-0.1, -0.05) is 26.8 Å². The second-order valence-corrected chi connectivity index (χ2v) is 8.77. The Hall–Kier alpha value is -1.39. The standard InChI is InChI=1S/C19H27N3O/c1-18(2)7-16-8-19(3,12-18)13-21(16)10-14-5-4-6-22-17(14)15(11-23)9-20-22/h4-6,9,16,23H,7-8,10-13H2,1-3H3.